The molecule has 2 aromatic heterocycles. The average molecular weight is 611 g/mol. The Kier molecular flexibility index (Phi) is 8.76. The van der Waals surface area contributed by atoms with E-state index in [1.54, 1.807) is 51.1 Å². The molecule has 0 saturated carbocycles. The molecule has 13 heteroatoms. The molecule has 0 saturated heterocycles. The molecule has 2 atom stereocenters. The SMILES string of the molecule is COC(=O)c1cc(-c2ccc(F)c(-c3nn[nH]n3)c2)ccc1N[C@@H](C#N)[C@H](Cc1c[nH]c2ccccc12)NC(=O)OC(C)(C)C. The van der Waals surface area contributed by atoms with Gasteiger partial charge in [-0.05, 0) is 79.4 Å². The van der Waals surface area contributed by atoms with Gasteiger partial charge in [0.2, 0.25) is 5.82 Å². The van der Waals surface area contributed by atoms with Crippen LogP contribution in [0.5, 0.6) is 0 Å². The summed E-state index contributed by atoms with van der Waals surface area (Å²) in [6, 6.07) is 17.5. The molecular formula is C32H31FN8O4. The number of aromatic nitrogens is 5. The topological polar surface area (TPSA) is 171 Å². The van der Waals surface area contributed by atoms with Gasteiger partial charge in [-0.3, -0.25) is 0 Å². The number of nitriles is 1. The van der Waals surface area contributed by atoms with E-state index in [2.05, 4.69) is 42.3 Å². The van der Waals surface area contributed by atoms with Crippen molar-refractivity contribution in [2.24, 2.45) is 0 Å². The van der Waals surface area contributed by atoms with Crippen molar-refractivity contribution in [3.05, 3.63) is 83.8 Å². The number of hydrogen-bond donors (Lipinski definition) is 4. The lowest BCUT2D eigenvalue weighted by atomic mass is 9.97. The summed E-state index contributed by atoms with van der Waals surface area (Å²) in [4.78, 5) is 29.1. The molecule has 1 amide bonds. The Morgan fingerprint density at radius 1 is 1.09 bits per heavy atom. The zero-order valence-electron chi connectivity index (χ0n) is 25.0. The van der Waals surface area contributed by atoms with Crippen molar-refractivity contribution < 1.29 is 23.5 Å². The van der Waals surface area contributed by atoms with E-state index in [-0.39, 0.29) is 23.4 Å². The molecule has 0 spiro atoms. The van der Waals surface area contributed by atoms with Crippen molar-refractivity contribution in [2.75, 3.05) is 12.4 Å². The second kappa shape index (κ2) is 12.8. The third-order valence-electron chi connectivity index (χ3n) is 6.98. The number of nitrogens with one attached hydrogen (secondary N) is 4. The van der Waals surface area contributed by atoms with Crippen LogP contribution in [0.4, 0.5) is 14.9 Å². The van der Waals surface area contributed by atoms with Gasteiger partial charge in [0.05, 0.1) is 30.3 Å². The minimum absolute atomic E-state index is 0.0800. The third-order valence-corrected chi connectivity index (χ3v) is 6.98. The number of nitrogens with zero attached hydrogens (tertiary/aromatic N) is 4. The number of carbonyl (C=O) groups excluding carboxylic acids is 2. The number of methoxy groups -OCH3 is 1. The molecule has 45 heavy (non-hydrogen) atoms. The van der Waals surface area contributed by atoms with Gasteiger partial charge in [-0.1, -0.05) is 30.3 Å². The maximum Gasteiger partial charge on any atom is 0.407 e. The number of tetrazole rings is 1. The van der Waals surface area contributed by atoms with Crippen LogP contribution in [0.1, 0.15) is 36.7 Å². The lowest BCUT2D eigenvalue weighted by molar-refractivity contribution is 0.0501. The fraction of sp³-hybridized carbons (Fsp3) is 0.250. The molecule has 230 valence electrons. The molecule has 0 aliphatic carbocycles. The standard InChI is InChI=1S/C32H31FN8O4/c1-32(2,3)45-31(43)37-27(15-20-17-35-25-8-6-5-7-21(20)25)28(16-34)36-26-12-10-19(14-23(26)30(42)44-4)18-9-11-24(33)22(13-18)29-38-40-41-39-29/h5-14,17,27-28,35-36H,15H2,1-4H3,(H,37,43)(H,38,39,40,41)/t27-,28-/m0/s1. The maximum atomic E-state index is 14.6. The Bertz CT molecular complexity index is 1870. The third kappa shape index (κ3) is 7.07. The summed E-state index contributed by atoms with van der Waals surface area (Å²) >= 11 is 0. The number of alkyl carbamates (subject to hydrolysis) is 1. The van der Waals surface area contributed by atoms with E-state index in [4.69, 9.17) is 9.47 Å². The lowest BCUT2D eigenvalue weighted by Crippen LogP contribution is -2.49. The van der Waals surface area contributed by atoms with Crippen LogP contribution in [0.3, 0.4) is 0 Å². The van der Waals surface area contributed by atoms with E-state index in [0.29, 0.717) is 16.8 Å². The smallest absolute Gasteiger partial charge is 0.407 e. The highest BCUT2D eigenvalue weighted by Crippen LogP contribution is 2.31. The zero-order chi connectivity index (χ0) is 32.1. The molecule has 0 fully saturated rings. The molecule has 0 aliphatic rings. The Hall–Kier alpha value is -5.77. The van der Waals surface area contributed by atoms with Crippen molar-refractivity contribution >= 4 is 28.7 Å². The number of anilines is 1. The van der Waals surface area contributed by atoms with E-state index < -0.39 is 35.6 Å². The number of carbonyl (C=O) groups is 2. The Balaban J connectivity index is 1.49. The monoisotopic (exact) mass is 610 g/mol. The minimum Gasteiger partial charge on any atom is -0.465 e. The van der Waals surface area contributed by atoms with E-state index in [1.165, 1.54) is 13.2 Å². The first-order valence-corrected chi connectivity index (χ1v) is 14.0. The molecule has 12 nitrogen and oxygen atoms in total. The Morgan fingerprint density at radius 2 is 1.84 bits per heavy atom. The first-order chi connectivity index (χ1) is 21.6. The Morgan fingerprint density at radius 3 is 2.56 bits per heavy atom. The van der Waals surface area contributed by atoms with E-state index in [9.17, 15) is 19.2 Å². The van der Waals surface area contributed by atoms with Crippen LogP contribution in [0.2, 0.25) is 0 Å². The molecule has 2 heterocycles. The largest absolute Gasteiger partial charge is 0.465 e. The Labute approximate surface area is 257 Å². The van der Waals surface area contributed by atoms with Crippen molar-refractivity contribution in [2.45, 2.75) is 44.9 Å². The van der Waals surface area contributed by atoms with Gasteiger partial charge in [0.15, 0.2) is 0 Å². The number of amides is 1. The number of hydrogen-bond acceptors (Lipinski definition) is 9. The second-order valence-electron chi connectivity index (χ2n) is 11.2. The number of halogens is 1. The summed E-state index contributed by atoms with van der Waals surface area (Å²) in [7, 11) is 1.25. The number of H-pyrrole nitrogens is 2. The summed E-state index contributed by atoms with van der Waals surface area (Å²) in [5.74, 6) is -1.12. The number of rotatable bonds is 9. The van der Waals surface area contributed by atoms with Crippen LogP contribution in [0, 0.1) is 17.1 Å². The van der Waals surface area contributed by atoms with Gasteiger partial charge in [-0.25, -0.2) is 14.0 Å². The second-order valence-corrected chi connectivity index (χ2v) is 11.2. The molecule has 3 aromatic carbocycles. The fourth-order valence-corrected chi connectivity index (χ4v) is 4.92. The molecular weight excluding hydrogens is 579 g/mol. The lowest BCUT2D eigenvalue weighted by Gasteiger charge is -2.27. The summed E-state index contributed by atoms with van der Waals surface area (Å²) < 4.78 is 25.1. The quantitative estimate of drug-likeness (QED) is 0.160. The molecule has 0 radical (unpaired) electrons. The highest BCUT2D eigenvalue weighted by Gasteiger charge is 2.29. The number of aromatic amines is 2. The van der Waals surface area contributed by atoms with Gasteiger partial charge in [-0.2, -0.15) is 10.5 Å². The predicted molar refractivity (Wildman–Crippen MR) is 165 cm³/mol. The molecule has 4 N–H and O–H groups in total. The summed E-state index contributed by atoms with van der Waals surface area (Å²) in [5.41, 5.74) is 2.73. The summed E-state index contributed by atoms with van der Waals surface area (Å²) in [5, 5.41) is 30.7. The summed E-state index contributed by atoms with van der Waals surface area (Å²) in [6.07, 6.45) is 1.42. The van der Waals surface area contributed by atoms with Crippen LogP contribution in [-0.2, 0) is 15.9 Å². The van der Waals surface area contributed by atoms with Gasteiger partial charge in [0.1, 0.15) is 17.5 Å². The number of esters is 1. The molecule has 0 bridgehead atoms. The van der Waals surface area contributed by atoms with Gasteiger partial charge < -0.3 is 25.1 Å². The predicted octanol–water partition coefficient (Wildman–Crippen LogP) is 5.38. The first kappa shape index (κ1) is 30.7. The highest BCUT2D eigenvalue weighted by molar-refractivity contribution is 5.97. The number of ether oxygens (including phenoxy) is 2. The summed E-state index contributed by atoms with van der Waals surface area (Å²) in [6.45, 7) is 5.24. The molecule has 5 rings (SSSR count). The zero-order valence-corrected chi connectivity index (χ0v) is 25.0. The van der Waals surface area contributed by atoms with E-state index in [0.717, 1.165) is 16.5 Å². The fourth-order valence-electron chi connectivity index (χ4n) is 4.92. The van der Waals surface area contributed by atoms with Crippen molar-refractivity contribution in [3.8, 4) is 28.6 Å². The van der Waals surface area contributed by atoms with Crippen molar-refractivity contribution in [1.82, 2.24) is 30.9 Å². The van der Waals surface area contributed by atoms with Crippen LogP contribution in [0.25, 0.3) is 33.4 Å². The van der Waals surface area contributed by atoms with Crippen LogP contribution in [-0.4, -0.2) is 62.5 Å². The van der Waals surface area contributed by atoms with Gasteiger partial charge in [-0.15, -0.1) is 10.2 Å². The molecule has 0 aliphatic heterocycles. The number of para-hydroxylation sites is 1. The minimum atomic E-state index is -1.00. The maximum absolute atomic E-state index is 14.6. The van der Waals surface area contributed by atoms with Gasteiger partial charge >= 0.3 is 12.1 Å². The number of benzene rings is 3. The van der Waals surface area contributed by atoms with Gasteiger partial charge in [0, 0.05) is 22.8 Å². The van der Waals surface area contributed by atoms with E-state index in [1.807, 2.05) is 30.5 Å². The van der Waals surface area contributed by atoms with E-state index >= 15 is 0 Å². The first-order valence-electron chi connectivity index (χ1n) is 14.0. The van der Waals surface area contributed by atoms with Crippen LogP contribution in [0.15, 0.2) is 66.9 Å². The van der Waals surface area contributed by atoms with Gasteiger partial charge in [0.25, 0.3) is 0 Å². The average Bonchev–Trinajstić information content (AvgIpc) is 3.69. The molecule has 5 aromatic rings. The van der Waals surface area contributed by atoms with Crippen molar-refractivity contribution in [1.29, 1.82) is 5.26 Å². The highest BCUT2D eigenvalue weighted by atomic mass is 19.1. The van der Waals surface area contributed by atoms with Crippen LogP contribution < -0.4 is 10.6 Å². The molecule has 0 unspecified atom stereocenters. The van der Waals surface area contributed by atoms with Crippen LogP contribution >= 0.6 is 0 Å². The normalized spacial score (nSPS) is 12.6. The number of fused-ring (bicyclic) bond motifs is 1. The van der Waals surface area contributed by atoms with Crippen molar-refractivity contribution in [3.63, 3.8) is 0 Å².